The smallest absolute Gasteiger partial charge is 0.242 e. The minimum absolute atomic E-state index is 0.0841. The number of nitrogens with zero attached hydrogens (tertiary/aromatic N) is 3. The Morgan fingerprint density at radius 2 is 2.29 bits per heavy atom. The molecule has 2 aromatic rings. The molecule has 7 heteroatoms. The molecule has 1 aromatic heterocycles. The number of anilines is 1. The number of amides is 2. The van der Waals surface area contributed by atoms with Crippen molar-refractivity contribution in [2.45, 2.75) is 13.0 Å². The second-order valence-electron chi connectivity index (χ2n) is 5.72. The quantitative estimate of drug-likeness (QED) is 0.872. The number of aryl methyl sites for hydroxylation is 1. The monoisotopic (exact) mass is 325 g/mol. The Kier molecular flexibility index (Phi) is 4.81. The molecule has 1 saturated heterocycles. The van der Waals surface area contributed by atoms with Crippen molar-refractivity contribution in [3.63, 3.8) is 0 Å². The molecule has 0 spiro atoms. The van der Waals surface area contributed by atoms with E-state index in [0.717, 1.165) is 11.1 Å². The first kappa shape index (κ1) is 16.1. The third kappa shape index (κ3) is 3.75. The lowest BCUT2D eigenvalue weighted by molar-refractivity contribution is -0.130. The Morgan fingerprint density at radius 3 is 3.04 bits per heavy atom. The molecular weight excluding hydrogens is 306 g/mol. The van der Waals surface area contributed by atoms with E-state index in [0.29, 0.717) is 18.9 Å². The molecule has 24 heavy (non-hydrogen) atoms. The van der Waals surface area contributed by atoms with Crippen molar-refractivity contribution in [2.24, 2.45) is 0 Å². The van der Waals surface area contributed by atoms with Gasteiger partial charge in [0.15, 0.2) is 5.82 Å². The van der Waals surface area contributed by atoms with Crippen molar-refractivity contribution in [2.75, 3.05) is 25.0 Å². The van der Waals surface area contributed by atoms with Gasteiger partial charge in [-0.2, -0.15) is 0 Å². The average Bonchev–Trinajstić information content (AvgIpc) is 2.56. The first-order valence-corrected chi connectivity index (χ1v) is 7.77. The molecule has 0 bridgehead atoms. The van der Waals surface area contributed by atoms with E-state index < -0.39 is 6.04 Å². The predicted molar refractivity (Wildman–Crippen MR) is 89.2 cm³/mol. The number of nitrogens with one attached hydrogen (secondary N) is 2. The van der Waals surface area contributed by atoms with Gasteiger partial charge in [0.25, 0.3) is 0 Å². The molecule has 1 atom stereocenters. The summed E-state index contributed by atoms with van der Waals surface area (Å²) in [5, 5.41) is 5.57. The minimum atomic E-state index is -0.466. The Balaban J connectivity index is 1.74. The maximum absolute atomic E-state index is 12.3. The molecule has 1 fully saturated rings. The molecular formula is C17H19N5O2. The van der Waals surface area contributed by atoms with Gasteiger partial charge in [-0.3, -0.25) is 19.5 Å². The molecule has 2 heterocycles. The predicted octanol–water partition coefficient (Wildman–Crippen LogP) is 0.897. The number of piperazine rings is 1. The van der Waals surface area contributed by atoms with Crippen molar-refractivity contribution >= 4 is 17.6 Å². The van der Waals surface area contributed by atoms with Crippen LogP contribution in [0.25, 0.3) is 0 Å². The standard InChI is InChI=1S/C17H19N5O2/c1-12-3-2-4-13(9-12)16-17(24)20-7-8-22(16)11-15(23)21-14-10-18-5-6-19-14/h2-6,9-10,16H,7-8,11H2,1H3,(H,20,24)(H,19,21,23). The SMILES string of the molecule is Cc1cccc(C2C(=O)NCCN2CC(=O)Nc2cnccn2)c1. The summed E-state index contributed by atoms with van der Waals surface area (Å²) in [7, 11) is 0. The molecule has 3 rings (SSSR count). The molecule has 0 saturated carbocycles. The molecule has 124 valence electrons. The Morgan fingerprint density at radius 1 is 1.42 bits per heavy atom. The van der Waals surface area contributed by atoms with Gasteiger partial charge in [-0.05, 0) is 12.5 Å². The van der Waals surface area contributed by atoms with Crippen LogP contribution in [0.5, 0.6) is 0 Å². The van der Waals surface area contributed by atoms with Crippen molar-refractivity contribution in [3.8, 4) is 0 Å². The van der Waals surface area contributed by atoms with Crippen LogP contribution in [0.1, 0.15) is 17.2 Å². The summed E-state index contributed by atoms with van der Waals surface area (Å²) in [5.41, 5.74) is 1.97. The first-order chi connectivity index (χ1) is 11.6. The summed E-state index contributed by atoms with van der Waals surface area (Å²) in [5.74, 6) is 0.0954. The van der Waals surface area contributed by atoms with Gasteiger partial charge < -0.3 is 10.6 Å². The van der Waals surface area contributed by atoms with E-state index >= 15 is 0 Å². The Hall–Kier alpha value is -2.80. The number of hydrogen-bond acceptors (Lipinski definition) is 5. The zero-order valence-corrected chi connectivity index (χ0v) is 13.4. The van der Waals surface area contributed by atoms with E-state index in [1.54, 1.807) is 6.20 Å². The molecule has 1 unspecified atom stereocenters. The van der Waals surface area contributed by atoms with Crippen LogP contribution >= 0.6 is 0 Å². The third-order valence-electron chi connectivity index (χ3n) is 3.85. The maximum atomic E-state index is 12.3. The second-order valence-corrected chi connectivity index (χ2v) is 5.72. The molecule has 1 aliphatic rings. The zero-order valence-electron chi connectivity index (χ0n) is 13.4. The fourth-order valence-electron chi connectivity index (χ4n) is 2.82. The Bertz CT molecular complexity index is 735. The topological polar surface area (TPSA) is 87.2 Å². The van der Waals surface area contributed by atoms with Gasteiger partial charge in [0.05, 0.1) is 12.7 Å². The highest BCUT2D eigenvalue weighted by atomic mass is 16.2. The van der Waals surface area contributed by atoms with Crippen LogP contribution in [0.4, 0.5) is 5.82 Å². The van der Waals surface area contributed by atoms with E-state index in [1.807, 2.05) is 36.1 Å². The van der Waals surface area contributed by atoms with E-state index in [-0.39, 0.29) is 18.4 Å². The Labute approximate surface area is 140 Å². The van der Waals surface area contributed by atoms with Crippen molar-refractivity contribution in [1.82, 2.24) is 20.2 Å². The second kappa shape index (κ2) is 7.18. The van der Waals surface area contributed by atoms with Crippen LogP contribution in [0.2, 0.25) is 0 Å². The number of carbonyl (C=O) groups is 2. The first-order valence-electron chi connectivity index (χ1n) is 7.77. The fraction of sp³-hybridized carbons (Fsp3) is 0.294. The number of aromatic nitrogens is 2. The highest BCUT2D eigenvalue weighted by Crippen LogP contribution is 2.23. The van der Waals surface area contributed by atoms with Crippen LogP contribution in [0, 0.1) is 6.92 Å². The van der Waals surface area contributed by atoms with Crippen LogP contribution in [-0.2, 0) is 9.59 Å². The van der Waals surface area contributed by atoms with Crippen molar-refractivity contribution < 1.29 is 9.59 Å². The molecule has 2 N–H and O–H groups in total. The van der Waals surface area contributed by atoms with Crippen LogP contribution in [-0.4, -0.2) is 46.3 Å². The molecule has 7 nitrogen and oxygen atoms in total. The van der Waals surface area contributed by atoms with Crippen LogP contribution in [0.3, 0.4) is 0 Å². The average molecular weight is 325 g/mol. The van der Waals surface area contributed by atoms with E-state index in [9.17, 15) is 9.59 Å². The maximum Gasteiger partial charge on any atom is 0.242 e. The van der Waals surface area contributed by atoms with Crippen LogP contribution in [0.15, 0.2) is 42.9 Å². The number of benzene rings is 1. The molecule has 0 aliphatic carbocycles. The van der Waals surface area contributed by atoms with Gasteiger partial charge in [-0.15, -0.1) is 0 Å². The third-order valence-corrected chi connectivity index (χ3v) is 3.85. The summed E-state index contributed by atoms with van der Waals surface area (Å²) in [6.45, 7) is 3.23. The lowest BCUT2D eigenvalue weighted by Crippen LogP contribution is -2.52. The molecule has 1 aromatic carbocycles. The van der Waals surface area contributed by atoms with E-state index in [2.05, 4.69) is 20.6 Å². The fourth-order valence-corrected chi connectivity index (χ4v) is 2.82. The highest BCUT2D eigenvalue weighted by Gasteiger charge is 2.32. The largest absolute Gasteiger partial charge is 0.353 e. The van der Waals surface area contributed by atoms with Crippen molar-refractivity contribution in [1.29, 1.82) is 0 Å². The lowest BCUT2D eigenvalue weighted by Gasteiger charge is -2.34. The summed E-state index contributed by atoms with van der Waals surface area (Å²) in [4.78, 5) is 34.4. The van der Waals surface area contributed by atoms with Gasteiger partial charge in [-0.25, -0.2) is 4.98 Å². The molecule has 1 aliphatic heterocycles. The minimum Gasteiger partial charge on any atom is -0.353 e. The highest BCUT2D eigenvalue weighted by molar-refractivity contribution is 5.92. The molecule has 0 radical (unpaired) electrons. The normalized spacial score (nSPS) is 18.0. The summed E-state index contributed by atoms with van der Waals surface area (Å²) < 4.78 is 0. The van der Waals surface area contributed by atoms with Gasteiger partial charge in [0.2, 0.25) is 11.8 Å². The number of rotatable bonds is 4. The van der Waals surface area contributed by atoms with Gasteiger partial charge in [-0.1, -0.05) is 29.8 Å². The summed E-state index contributed by atoms with van der Waals surface area (Å²) in [6.07, 6.45) is 4.54. The van der Waals surface area contributed by atoms with E-state index in [4.69, 9.17) is 0 Å². The summed E-state index contributed by atoms with van der Waals surface area (Å²) >= 11 is 0. The number of carbonyl (C=O) groups excluding carboxylic acids is 2. The lowest BCUT2D eigenvalue weighted by atomic mass is 10.0. The van der Waals surface area contributed by atoms with E-state index in [1.165, 1.54) is 12.4 Å². The molecule has 2 amide bonds. The van der Waals surface area contributed by atoms with Gasteiger partial charge in [0.1, 0.15) is 6.04 Å². The van der Waals surface area contributed by atoms with Crippen molar-refractivity contribution in [3.05, 3.63) is 54.0 Å². The zero-order chi connectivity index (χ0) is 16.9. The number of hydrogen-bond donors (Lipinski definition) is 2. The van der Waals surface area contributed by atoms with Gasteiger partial charge in [0, 0.05) is 25.5 Å². The summed E-state index contributed by atoms with van der Waals surface area (Å²) in [6, 6.07) is 7.32. The van der Waals surface area contributed by atoms with Crippen LogP contribution < -0.4 is 10.6 Å². The van der Waals surface area contributed by atoms with Gasteiger partial charge >= 0.3 is 0 Å².